The number of aliphatic carboxylic acids is 1. The lowest BCUT2D eigenvalue weighted by Crippen LogP contribution is -2.15. The zero-order valence-electron chi connectivity index (χ0n) is 8.64. The molecule has 1 aliphatic rings. The molecule has 0 aliphatic heterocycles. The Morgan fingerprint density at radius 3 is 2.31 bits per heavy atom. The molecule has 0 spiro atoms. The fraction of sp³-hybridized carbons (Fsp3) is 0.0833. The Labute approximate surface area is 92.2 Å². The Morgan fingerprint density at radius 1 is 1.12 bits per heavy atom. The standard InChI is InChI=1S/C10H6O2.C2H4O2/c11-9-6-5-7-3-1-2-4-8(7)10(9)12;1-2(3)4/h1-6H;1H3,(H,3,4). The molecule has 1 N–H and O–H groups in total. The molecule has 0 unspecified atom stereocenters. The van der Waals surface area contributed by atoms with E-state index in [0.29, 0.717) is 5.56 Å². The van der Waals surface area contributed by atoms with E-state index in [2.05, 4.69) is 0 Å². The van der Waals surface area contributed by atoms with E-state index in [-0.39, 0.29) is 0 Å². The normalized spacial score (nSPS) is 12.6. The average molecular weight is 218 g/mol. The van der Waals surface area contributed by atoms with Crippen LogP contribution < -0.4 is 0 Å². The van der Waals surface area contributed by atoms with Crippen molar-refractivity contribution in [2.45, 2.75) is 6.92 Å². The second-order valence-corrected chi connectivity index (χ2v) is 3.13. The fourth-order valence-corrected chi connectivity index (χ4v) is 1.22. The molecule has 4 heteroatoms. The number of carbonyl (C=O) groups is 3. The number of benzene rings is 1. The quantitative estimate of drug-likeness (QED) is 0.671. The zero-order valence-corrected chi connectivity index (χ0v) is 8.64. The van der Waals surface area contributed by atoms with Gasteiger partial charge in [0.15, 0.2) is 0 Å². The number of allylic oxidation sites excluding steroid dienone is 1. The van der Waals surface area contributed by atoms with Crippen molar-refractivity contribution in [2.24, 2.45) is 0 Å². The smallest absolute Gasteiger partial charge is 0.300 e. The van der Waals surface area contributed by atoms with Gasteiger partial charge in [-0.3, -0.25) is 14.4 Å². The highest BCUT2D eigenvalue weighted by atomic mass is 16.4. The summed E-state index contributed by atoms with van der Waals surface area (Å²) in [6, 6.07) is 7.07. The molecular weight excluding hydrogens is 208 g/mol. The minimum absolute atomic E-state index is 0.409. The lowest BCUT2D eigenvalue weighted by molar-refractivity contribution is -0.134. The van der Waals surface area contributed by atoms with Crippen molar-refractivity contribution in [1.29, 1.82) is 0 Å². The molecule has 0 saturated carbocycles. The Hall–Kier alpha value is -2.23. The summed E-state index contributed by atoms with van der Waals surface area (Å²) in [5.74, 6) is -1.68. The van der Waals surface area contributed by atoms with E-state index in [0.717, 1.165) is 12.5 Å². The van der Waals surface area contributed by atoms with Crippen LogP contribution in [-0.4, -0.2) is 22.6 Å². The van der Waals surface area contributed by atoms with Gasteiger partial charge in [0, 0.05) is 12.5 Å². The average Bonchev–Trinajstić information content (AvgIpc) is 2.23. The topological polar surface area (TPSA) is 71.4 Å². The van der Waals surface area contributed by atoms with E-state index in [9.17, 15) is 9.59 Å². The Bertz CT molecular complexity index is 468. The summed E-state index contributed by atoms with van der Waals surface area (Å²) < 4.78 is 0. The van der Waals surface area contributed by atoms with Crippen LogP contribution in [0.4, 0.5) is 0 Å². The van der Waals surface area contributed by atoms with Crippen LogP contribution in [0.1, 0.15) is 22.8 Å². The van der Waals surface area contributed by atoms with Gasteiger partial charge >= 0.3 is 0 Å². The molecule has 1 aliphatic carbocycles. The number of carboxylic acids is 1. The SMILES string of the molecule is CC(=O)O.O=C1C=Cc2ccccc2C1=O. The summed E-state index contributed by atoms with van der Waals surface area (Å²) in [5.41, 5.74) is 1.33. The van der Waals surface area contributed by atoms with Gasteiger partial charge in [-0.05, 0) is 11.6 Å². The number of carbonyl (C=O) groups excluding carboxylic acids is 2. The maximum absolute atomic E-state index is 11.2. The summed E-state index contributed by atoms with van der Waals surface area (Å²) in [4.78, 5) is 31.1. The van der Waals surface area contributed by atoms with Crippen LogP contribution in [0.3, 0.4) is 0 Å². The molecule has 2 rings (SSSR count). The van der Waals surface area contributed by atoms with Gasteiger partial charge in [-0.1, -0.05) is 30.3 Å². The molecule has 4 nitrogen and oxygen atoms in total. The third-order valence-electron chi connectivity index (χ3n) is 1.84. The first kappa shape index (κ1) is 11.8. The number of ketones is 2. The zero-order chi connectivity index (χ0) is 12.1. The van der Waals surface area contributed by atoms with Crippen LogP contribution in [0.2, 0.25) is 0 Å². The van der Waals surface area contributed by atoms with E-state index in [1.807, 2.05) is 12.1 Å². The molecule has 0 radical (unpaired) electrons. The molecular formula is C12H10O4. The van der Waals surface area contributed by atoms with E-state index in [4.69, 9.17) is 9.90 Å². The van der Waals surface area contributed by atoms with Crippen molar-refractivity contribution in [1.82, 2.24) is 0 Å². The van der Waals surface area contributed by atoms with Gasteiger partial charge in [0.2, 0.25) is 11.6 Å². The van der Waals surface area contributed by atoms with Gasteiger partial charge in [-0.15, -0.1) is 0 Å². The van der Waals surface area contributed by atoms with Crippen molar-refractivity contribution < 1.29 is 19.5 Å². The molecule has 0 aromatic heterocycles. The summed E-state index contributed by atoms with van der Waals surface area (Å²) in [6.07, 6.45) is 2.98. The van der Waals surface area contributed by atoms with Crippen molar-refractivity contribution in [3.8, 4) is 0 Å². The van der Waals surface area contributed by atoms with Crippen LogP contribution in [0.15, 0.2) is 30.3 Å². The Morgan fingerprint density at radius 2 is 1.69 bits per heavy atom. The molecule has 0 amide bonds. The van der Waals surface area contributed by atoms with Gasteiger partial charge in [0.25, 0.3) is 5.97 Å². The third kappa shape index (κ3) is 2.88. The maximum atomic E-state index is 11.2. The number of carboxylic acid groups (broad SMARTS) is 1. The Kier molecular flexibility index (Phi) is 3.72. The van der Waals surface area contributed by atoms with E-state index in [1.54, 1.807) is 18.2 Å². The number of rotatable bonds is 0. The largest absolute Gasteiger partial charge is 0.481 e. The number of hydrogen-bond acceptors (Lipinski definition) is 3. The van der Waals surface area contributed by atoms with E-state index >= 15 is 0 Å². The molecule has 1 aromatic carbocycles. The lowest BCUT2D eigenvalue weighted by atomic mass is 9.96. The van der Waals surface area contributed by atoms with Crippen LogP contribution in [0.25, 0.3) is 6.08 Å². The van der Waals surface area contributed by atoms with Crippen LogP contribution >= 0.6 is 0 Å². The number of Topliss-reactive ketones (excluding diaryl/α,β-unsaturated/α-hetero) is 1. The minimum Gasteiger partial charge on any atom is -0.481 e. The number of fused-ring (bicyclic) bond motifs is 1. The second-order valence-electron chi connectivity index (χ2n) is 3.13. The van der Waals surface area contributed by atoms with Gasteiger partial charge in [-0.25, -0.2) is 0 Å². The van der Waals surface area contributed by atoms with Crippen molar-refractivity contribution in [2.75, 3.05) is 0 Å². The minimum atomic E-state index is -0.833. The van der Waals surface area contributed by atoms with E-state index in [1.165, 1.54) is 6.08 Å². The summed E-state index contributed by atoms with van der Waals surface area (Å²) >= 11 is 0. The first-order valence-electron chi connectivity index (χ1n) is 4.57. The van der Waals surface area contributed by atoms with Crippen molar-refractivity contribution >= 4 is 23.6 Å². The van der Waals surface area contributed by atoms with Crippen molar-refractivity contribution in [3.05, 3.63) is 41.5 Å². The molecule has 0 saturated heterocycles. The number of hydrogen-bond donors (Lipinski definition) is 1. The third-order valence-corrected chi connectivity index (χ3v) is 1.84. The first-order chi connectivity index (χ1) is 7.52. The van der Waals surface area contributed by atoms with Crippen LogP contribution in [0.5, 0.6) is 0 Å². The molecule has 0 bridgehead atoms. The Balaban J connectivity index is 0.000000280. The first-order valence-corrected chi connectivity index (χ1v) is 4.57. The second kappa shape index (κ2) is 5.02. The lowest BCUT2D eigenvalue weighted by Gasteiger charge is -2.06. The predicted octanol–water partition coefficient (Wildman–Crippen LogP) is 1.56. The highest BCUT2D eigenvalue weighted by Crippen LogP contribution is 2.16. The van der Waals surface area contributed by atoms with Gasteiger partial charge in [0.1, 0.15) is 0 Å². The monoisotopic (exact) mass is 218 g/mol. The molecule has 0 heterocycles. The highest BCUT2D eigenvalue weighted by Gasteiger charge is 2.19. The van der Waals surface area contributed by atoms with Crippen molar-refractivity contribution in [3.63, 3.8) is 0 Å². The van der Waals surface area contributed by atoms with Crippen LogP contribution in [-0.2, 0) is 9.59 Å². The summed E-state index contributed by atoms with van der Waals surface area (Å²) in [6.45, 7) is 1.08. The molecule has 16 heavy (non-hydrogen) atoms. The summed E-state index contributed by atoms with van der Waals surface area (Å²) in [5, 5.41) is 7.42. The van der Waals surface area contributed by atoms with Gasteiger partial charge in [-0.2, -0.15) is 0 Å². The van der Waals surface area contributed by atoms with Gasteiger partial charge < -0.3 is 5.11 Å². The van der Waals surface area contributed by atoms with Gasteiger partial charge in [0.05, 0.1) is 0 Å². The fourth-order valence-electron chi connectivity index (χ4n) is 1.22. The summed E-state index contributed by atoms with van der Waals surface area (Å²) in [7, 11) is 0. The molecule has 0 atom stereocenters. The molecule has 82 valence electrons. The molecule has 0 fully saturated rings. The molecule has 1 aromatic rings. The van der Waals surface area contributed by atoms with E-state index < -0.39 is 17.5 Å². The maximum Gasteiger partial charge on any atom is 0.300 e. The van der Waals surface area contributed by atoms with Crippen LogP contribution in [0, 0.1) is 0 Å². The highest BCUT2D eigenvalue weighted by molar-refractivity contribution is 6.49. The predicted molar refractivity (Wildman–Crippen MR) is 58.1 cm³/mol.